The lowest BCUT2D eigenvalue weighted by atomic mass is 10.1. The second kappa shape index (κ2) is 7.43. The number of imidazole rings is 1. The summed E-state index contributed by atoms with van der Waals surface area (Å²) in [4.78, 5) is 7.29. The van der Waals surface area contributed by atoms with E-state index in [0.29, 0.717) is 6.10 Å². The van der Waals surface area contributed by atoms with Gasteiger partial charge in [0.05, 0.1) is 23.2 Å². The van der Waals surface area contributed by atoms with E-state index in [0.717, 1.165) is 50.4 Å². The van der Waals surface area contributed by atoms with Crippen molar-refractivity contribution < 1.29 is 4.74 Å². The number of para-hydroxylation sites is 2. The van der Waals surface area contributed by atoms with Crippen molar-refractivity contribution >= 4 is 11.0 Å². The molecule has 1 saturated heterocycles. The van der Waals surface area contributed by atoms with E-state index < -0.39 is 0 Å². The molecule has 0 saturated carbocycles. The maximum absolute atomic E-state index is 5.43. The molecule has 0 radical (unpaired) electrons. The van der Waals surface area contributed by atoms with Crippen LogP contribution in [0.2, 0.25) is 0 Å². The topological polar surface area (TPSA) is 42.3 Å². The first-order valence-corrected chi connectivity index (χ1v) is 8.59. The fourth-order valence-electron chi connectivity index (χ4n) is 3.45. The first-order chi connectivity index (χ1) is 11.2. The summed E-state index contributed by atoms with van der Waals surface area (Å²) in [6.07, 6.45) is 2.76. The number of methoxy groups -OCH3 is 1. The van der Waals surface area contributed by atoms with Crippen LogP contribution in [0.25, 0.3) is 11.0 Å². The Hall–Kier alpha value is -1.43. The Bertz CT molecular complexity index is 631. The number of aryl methyl sites for hydroxylation is 1. The van der Waals surface area contributed by atoms with Gasteiger partial charge in [-0.25, -0.2) is 4.98 Å². The number of nitrogens with zero attached hydrogens (tertiary/aromatic N) is 3. The van der Waals surface area contributed by atoms with Crippen molar-refractivity contribution in [2.75, 3.05) is 33.3 Å². The molecule has 0 amide bonds. The van der Waals surface area contributed by atoms with Crippen molar-refractivity contribution in [3.63, 3.8) is 0 Å². The third kappa shape index (κ3) is 3.74. The summed E-state index contributed by atoms with van der Waals surface area (Å²) >= 11 is 0. The zero-order valence-corrected chi connectivity index (χ0v) is 14.5. The molecule has 1 aliphatic rings. The summed E-state index contributed by atoms with van der Waals surface area (Å²) < 4.78 is 7.62. The molecule has 0 unspecified atom stereocenters. The molecule has 5 heteroatoms. The molecule has 2 heterocycles. The number of rotatable bonds is 6. The molecule has 3 rings (SSSR count). The van der Waals surface area contributed by atoms with Crippen LogP contribution in [-0.4, -0.2) is 53.8 Å². The third-order valence-electron chi connectivity index (χ3n) is 4.96. The third-order valence-corrected chi connectivity index (χ3v) is 4.96. The van der Waals surface area contributed by atoms with E-state index >= 15 is 0 Å². The van der Waals surface area contributed by atoms with Gasteiger partial charge in [0.25, 0.3) is 0 Å². The van der Waals surface area contributed by atoms with Crippen LogP contribution in [0.5, 0.6) is 0 Å². The van der Waals surface area contributed by atoms with Crippen LogP contribution in [-0.2, 0) is 11.8 Å². The molecule has 1 fully saturated rings. The Morgan fingerprint density at radius 1 is 1.30 bits per heavy atom. The smallest absolute Gasteiger partial charge is 0.126 e. The fraction of sp³-hybridized carbons (Fsp3) is 0.611. The number of piperidine rings is 1. The van der Waals surface area contributed by atoms with Gasteiger partial charge < -0.3 is 19.5 Å². The Morgan fingerprint density at radius 2 is 2.04 bits per heavy atom. The van der Waals surface area contributed by atoms with Crippen molar-refractivity contribution in [1.29, 1.82) is 0 Å². The number of nitrogens with one attached hydrogen (secondary N) is 1. The first kappa shape index (κ1) is 16.4. The first-order valence-electron chi connectivity index (χ1n) is 8.59. The number of fused-ring (bicyclic) bond motifs is 1. The zero-order valence-electron chi connectivity index (χ0n) is 14.5. The quantitative estimate of drug-likeness (QED) is 0.888. The van der Waals surface area contributed by atoms with Crippen molar-refractivity contribution in [2.45, 2.75) is 31.9 Å². The molecule has 1 aromatic carbocycles. The zero-order chi connectivity index (χ0) is 16.2. The summed E-state index contributed by atoms with van der Waals surface area (Å²) in [6, 6.07) is 8.56. The van der Waals surface area contributed by atoms with Crippen LogP contribution >= 0.6 is 0 Å². The van der Waals surface area contributed by atoms with Crippen LogP contribution in [0.3, 0.4) is 0 Å². The minimum atomic E-state index is 0.254. The number of hydrogen-bond donors (Lipinski definition) is 1. The van der Waals surface area contributed by atoms with Crippen LogP contribution < -0.4 is 5.32 Å². The van der Waals surface area contributed by atoms with Gasteiger partial charge in [0.15, 0.2) is 0 Å². The predicted molar refractivity (Wildman–Crippen MR) is 93.6 cm³/mol. The number of likely N-dealkylation sites (tertiary alicyclic amines) is 1. The SMILES string of the molecule is COC1CCN(CCN[C@H](C)c2nc3ccccc3n2C)CC1. The lowest BCUT2D eigenvalue weighted by molar-refractivity contribution is 0.0413. The summed E-state index contributed by atoms with van der Waals surface area (Å²) in [5.41, 5.74) is 2.26. The van der Waals surface area contributed by atoms with Crippen molar-refractivity contribution in [3.8, 4) is 0 Å². The summed E-state index contributed by atoms with van der Waals surface area (Å²) in [5, 5.41) is 3.62. The average Bonchev–Trinajstić information content (AvgIpc) is 2.93. The molecule has 1 atom stereocenters. The van der Waals surface area contributed by atoms with E-state index in [2.05, 4.69) is 47.0 Å². The highest BCUT2D eigenvalue weighted by atomic mass is 16.5. The van der Waals surface area contributed by atoms with Crippen molar-refractivity contribution in [3.05, 3.63) is 30.1 Å². The molecule has 1 aromatic heterocycles. The average molecular weight is 316 g/mol. The molecule has 1 aliphatic heterocycles. The highest BCUT2D eigenvalue weighted by Gasteiger charge is 2.19. The van der Waals surface area contributed by atoms with Gasteiger partial charge in [0.2, 0.25) is 0 Å². The van der Waals surface area contributed by atoms with Crippen molar-refractivity contribution in [1.82, 2.24) is 19.8 Å². The predicted octanol–water partition coefficient (Wildman–Crippen LogP) is 2.33. The molecule has 1 N–H and O–H groups in total. The monoisotopic (exact) mass is 316 g/mol. The van der Waals surface area contributed by atoms with Crippen LogP contribution in [0, 0.1) is 0 Å². The normalized spacial score (nSPS) is 18.6. The van der Waals surface area contributed by atoms with Gasteiger partial charge >= 0.3 is 0 Å². The maximum Gasteiger partial charge on any atom is 0.126 e. The van der Waals surface area contributed by atoms with Gasteiger partial charge in [-0.15, -0.1) is 0 Å². The number of ether oxygens (including phenoxy) is 1. The second-order valence-electron chi connectivity index (χ2n) is 6.47. The number of aromatic nitrogens is 2. The van der Waals surface area contributed by atoms with E-state index in [1.54, 1.807) is 0 Å². The lowest BCUT2D eigenvalue weighted by Gasteiger charge is -2.31. The highest BCUT2D eigenvalue weighted by molar-refractivity contribution is 5.75. The van der Waals surface area contributed by atoms with Gasteiger partial charge in [-0.3, -0.25) is 0 Å². The number of hydrogen-bond acceptors (Lipinski definition) is 4. The van der Waals surface area contributed by atoms with Gasteiger partial charge in [-0.1, -0.05) is 12.1 Å². The Morgan fingerprint density at radius 3 is 2.74 bits per heavy atom. The molecule has 23 heavy (non-hydrogen) atoms. The Balaban J connectivity index is 1.51. The van der Waals surface area contributed by atoms with Gasteiger partial charge in [-0.2, -0.15) is 0 Å². The molecule has 0 aliphatic carbocycles. The molecule has 126 valence electrons. The summed E-state index contributed by atoms with van der Waals surface area (Å²) in [7, 11) is 3.92. The molecular formula is C18H28N4O. The van der Waals surface area contributed by atoms with Crippen molar-refractivity contribution in [2.24, 2.45) is 7.05 Å². The largest absolute Gasteiger partial charge is 0.381 e. The highest BCUT2D eigenvalue weighted by Crippen LogP contribution is 2.19. The van der Waals surface area contributed by atoms with E-state index in [1.165, 1.54) is 5.52 Å². The molecule has 0 bridgehead atoms. The minimum Gasteiger partial charge on any atom is -0.381 e. The number of benzene rings is 1. The molecule has 0 spiro atoms. The van der Waals surface area contributed by atoms with E-state index in [1.807, 2.05) is 13.2 Å². The van der Waals surface area contributed by atoms with E-state index in [9.17, 15) is 0 Å². The second-order valence-corrected chi connectivity index (χ2v) is 6.47. The van der Waals surface area contributed by atoms with E-state index in [4.69, 9.17) is 9.72 Å². The standard InChI is InChI=1S/C18H28N4O/c1-14(18-20-16-6-4-5-7-17(16)21(18)2)19-10-13-22-11-8-15(23-3)9-12-22/h4-7,14-15,19H,8-13H2,1-3H3/t14-/m1/s1. The minimum absolute atomic E-state index is 0.254. The molecule has 5 nitrogen and oxygen atoms in total. The Kier molecular flexibility index (Phi) is 5.30. The summed E-state index contributed by atoms with van der Waals surface area (Å²) in [5.74, 6) is 1.10. The van der Waals surface area contributed by atoms with Crippen LogP contribution in [0.1, 0.15) is 31.6 Å². The van der Waals surface area contributed by atoms with E-state index in [-0.39, 0.29) is 6.04 Å². The van der Waals surface area contributed by atoms with Gasteiger partial charge in [0.1, 0.15) is 5.82 Å². The fourth-order valence-corrected chi connectivity index (χ4v) is 3.45. The lowest BCUT2D eigenvalue weighted by Crippen LogP contribution is -2.40. The Labute approximate surface area is 138 Å². The molecular weight excluding hydrogens is 288 g/mol. The van der Waals surface area contributed by atoms with Crippen LogP contribution in [0.15, 0.2) is 24.3 Å². The summed E-state index contributed by atoms with van der Waals surface area (Å²) in [6.45, 7) is 6.55. The van der Waals surface area contributed by atoms with Gasteiger partial charge in [-0.05, 0) is 31.9 Å². The van der Waals surface area contributed by atoms with Crippen LogP contribution in [0.4, 0.5) is 0 Å². The maximum atomic E-state index is 5.43. The van der Waals surface area contributed by atoms with Gasteiger partial charge in [0, 0.05) is 40.3 Å². The molecule has 2 aromatic rings.